The van der Waals surface area contributed by atoms with E-state index in [9.17, 15) is 4.39 Å². The van der Waals surface area contributed by atoms with Crippen LogP contribution in [0.4, 0.5) is 4.39 Å². The molecule has 0 amide bonds. The Morgan fingerprint density at radius 3 is 2.47 bits per heavy atom. The lowest BCUT2D eigenvalue weighted by molar-refractivity contribution is 0.332. The number of hydrogen-bond acceptors (Lipinski definition) is 1. The summed E-state index contributed by atoms with van der Waals surface area (Å²) in [5.41, 5.74) is 0.905. The van der Waals surface area contributed by atoms with Gasteiger partial charge in [0.25, 0.3) is 0 Å². The van der Waals surface area contributed by atoms with Gasteiger partial charge in [-0.05, 0) is 49.1 Å². The molecule has 0 aliphatic rings. The van der Waals surface area contributed by atoms with Crippen molar-refractivity contribution < 1.29 is 4.39 Å². The molecule has 0 aromatic heterocycles. The van der Waals surface area contributed by atoms with Crippen molar-refractivity contribution in [2.45, 2.75) is 52.5 Å². The van der Waals surface area contributed by atoms with Crippen molar-refractivity contribution in [3.63, 3.8) is 0 Å². The lowest BCUT2D eigenvalue weighted by Crippen LogP contribution is -2.38. The fraction of sp³-hybridized carbons (Fsp3) is 0.625. The van der Waals surface area contributed by atoms with Crippen molar-refractivity contribution in [2.75, 3.05) is 6.54 Å². The van der Waals surface area contributed by atoms with E-state index in [4.69, 9.17) is 11.6 Å². The van der Waals surface area contributed by atoms with E-state index >= 15 is 0 Å². The lowest BCUT2D eigenvalue weighted by Gasteiger charge is -2.27. The summed E-state index contributed by atoms with van der Waals surface area (Å²) >= 11 is 6.17. The van der Waals surface area contributed by atoms with Crippen LogP contribution >= 0.6 is 11.6 Å². The molecule has 0 fully saturated rings. The predicted molar refractivity (Wildman–Crippen MR) is 81.3 cm³/mol. The van der Waals surface area contributed by atoms with Crippen LogP contribution in [0.5, 0.6) is 0 Å². The van der Waals surface area contributed by atoms with Crippen molar-refractivity contribution in [2.24, 2.45) is 5.92 Å². The Bertz CT molecular complexity index is 377. The van der Waals surface area contributed by atoms with Crippen LogP contribution in [-0.2, 0) is 6.42 Å². The first-order chi connectivity index (χ1) is 9.12. The largest absolute Gasteiger partial charge is 0.313 e. The third-order valence-electron chi connectivity index (χ3n) is 3.72. The molecule has 1 nitrogen and oxygen atoms in total. The first-order valence-corrected chi connectivity index (χ1v) is 7.67. The van der Waals surface area contributed by atoms with Crippen LogP contribution in [0.25, 0.3) is 0 Å². The van der Waals surface area contributed by atoms with E-state index in [1.54, 1.807) is 12.1 Å². The zero-order valence-electron chi connectivity index (χ0n) is 12.2. The normalized spacial score (nSPS) is 12.9. The number of nitrogens with one attached hydrogen (secondary N) is 1. The molecule has 1 N–H and O–H groups in total. The zero-order chi connectivity index (χ0) is 14.3. The van der Waals surface area contributed by atoms with Gasteiger partial charge in [-0.25, -0.2) is 4.39 Å². The highest BCUT2D eigenvalue weighted by Gasteiger charge is 2.19. The second-order valence-electron chi connectivity index (χ2n) is 5.08. The molecule has 0 spiro atoms. The Kier molecular flexibility index (Phi) is 7.40. The van der Waals surface area contributed by atoms with Crippen LogP contribution in [0.1, 0.15) is 45.6 Å². The average molecular weight is 286 g/mol. The maximum Gasteiger partial charge on any atom is 0.123 e. The van der Waals surface area contributed by atoms with Gasteiger partial charge in [0.15, 0.2) is 0 Å². The molecule has 1 atom stereocenters. The molecular weight excluding hydrogens is 261 g/mol. The minimum Gasteiger partial charge on any atom is -0.313 e. The Labute approximate surface area is 121 Å². The van der Waals surface area contributed by atoms with E-state index in [1.165, 1.54) is 6.07 Å². The minimum atomic E-state index is -0.210. The summed E-state index contributed by atoms with van der Waals surface area (Å²) in [4.78, 5) is 0. The van der Waals surface area contributed by atoms with Crippen LogP contribution in [0.3, 0.4) is 0 Å². The molecule has 0 heterocycles. The highest BCUT2D eigenvalue weighted by molar-refractivity contribution is 6.31. The highest BCUT2D eigenvalue weighted by atomic mass is 35.5. The lowest BCUT2D eigenvalue weighted by atomic mass is 9.89. The van der Waals surface area contributed by atoms with Crippen molar-refractivity contribution in [3.05, 3.63) is 34.6 Å². The molecule has 0 saturated carbocycles. The molecule has 3 heteroatoms. The number of rotatable bonds is 8. The molecule has 0 bridgehead atoms. The quantitative estimate of drug-likeness (QED) is 0.722. The Morgan fingerprint density at radius 2 is 1.89 bits per heavy atom. The fourth-order valence-corrected chi connectivity index (χ4v) is 2.72. The topological polar surface area (TPSA) is 12.0 Å². The summed E-state index contributed by atoms with van der Waals surface area (Å²) < 4.78 is 13.3. The number of benzene rings is 1. The molecule has 1 rings (SSSR count). The van der Waals surface area contributed by atoms with Crippen LogP contribution in [0.15, 0.2) is 18.2 Å². The first kappa shape index (κ1) is 16.5. The van der Waals surface area contributed by atoms with Gasteiger partial charge < -0.3 is 5.32 Å². The summed E-state index contributed by atoms with van der Waals surface area (Å²) in [6, 6.07) is 4.99. The Balaban J connectivity index is 2.83. The van der Waals surface area contributed by atoms with Gasteiger partial charge in [0.05, 0.1) is 0 Å². The first-order valence-electron chi connectivity index (χ1n) is 7.29. The molecule has 0 saturated heterocycles. The van der Waals surface area contributed by atoms with Crippen LogP contribution in [-0.4, -0.2) is 12.6 Å². The summed E-state index contributed by atoms with van der Waals surface area (Å²) in [5, 5.41) is 4.25. The smallest absolute Gasteiger partial charge is 0.123 e. The monoisotopic (exact) mass is 285 g/mol. The van der Waals surface area contributed by atoms with Gasteiger partial charge in [0, 0.05) is 11.1 Å². The van der Waals surface area contributed by atoms with Gasteiger partial charge in [0.2, 0.25) is 0 Å². The zero-order valence-corrected chi connectivity index (χ0v) is 12.9. The fourth-order valence-electron chi connectivity index (χ4n) is 2.53. The Hall–Kier alpha value is -0.600. The van der Waals surface area contributed by atoms with Gasteiger partial charge >= 0.3 is 0 Å². The van der Waals surface area contributed by atoms with Crippen LogP contribution < -0.4 is 5.32 Å². The molecule has 1 unspecified atom stereocenters. The average Bonchev–Trinajstić information content (AvgIpc) is 2.41. The maximum absolute atomic E-state index is 13.3. The van der Waals surface area contributed by atoms with E-state index in [0.29, 0.717) is 17.0 Å². The molecule has 108 valence electrons. The van der Waals surface area contributed by atoms with E-state index in [-0.39, 0.29) is 5.82 Å². The van der Waals surface area contributed by atoms with Crippen molar-refractivity contribution in [3.8, 4) is 0 Å². The van der Waals surface area contributed by atoms with Gasteiger partial charge in [-0.15, -0.1) is 0 Å². The Morgan fingerprint density at radius 1 is 1.21 bits per heavy atom. The third-order valence-corrected chi connectivity index (χ3v) is 4.09. The van der Waals surface area contributed by atoms with E-state index < -0.39 is 0 Å². The molecular formula is C16H25ClFN. The molecule has 1 aromatic rings. The number of hydrogen-bond donors (Lipinski definition) is 1. The van der Waals surface area contributed by atoms with Gasteiger partial charge in [-0.3, -0.25) is 0 Å². The van der Waals surface area contributed by atoms with E-state index in [0.717, 1.165) is 37.8 Å². The minimum absolute atomic E-state index is 0.210. The second kappa shape index (κ2) is 8.55. The van der Waals surface area contributed by atoms with E-state index in [1.807, 2.05) is 0 Å². The molecule has 19 heavy (non-hydrogen) atoms. The summed E-state index contributed by atoms with van der Waals surface area (Å²) in [7, 11) is 0. The van der Waals surface area contributed by atoms with Crippen molar-refractivity contribution in [1.29, 1.82) is 0 Å². The van der Waals surface area contributed by atoms with Gasteiger partial charge in [-0.1, -0.05) is 45.2 Å². The maximum atomic E-state index is 13.3. The summed E-state index contributed by atoms with van der Waals surface area (Å²) in [6.07, 6.45) is 4.16. The van der Waals surface area contributed by atoms with Crippen LogP contribution in [0, 0.1) is 11.7 Å². The molecule has 0 radical (unpaired) electrons. The number of halogens is 2. The summed E-state index contributed by atoms with van der Waals surface area (Å²) in [6.45, 7) is 7.57. The molecule has 1 aromatic carbocycles. The van der Waals surface area contributed by atoms with Gasteiger partial charge in [0.1, 0.15) is 5.82 Å². The second-order valence-corrected chi connectivity index (χ2v) is 5.48. The van der Waals surface area contributed by atoms with Crippen molar-refractivity contribution >= 4 is 11.6 Å². The summed E-state index contributed by atoms with van der Waals surface area (Å²) in [5.74, 6) is 0.393. The van der Waals surface area contributed by atoms with Gasteiger partial charge in [-0.2, -0.15) is 0 Å². The molecule has 0 aliphatic carbocycles. The predicted octanol–water partition coefficient (Wildman–Crippen LogP) is 4.83. The highest BCUT2D eigenvalue weighted by Crippen LogP contribution is 2.23. The van der Waals surface area contributed by atoms with E-state index in [2.05, 4.69) is 26.1 Å². The van der Waals surface area contributed by atoms with Crippen molar-refractivity contribution in [1.82, 2.24) is 5.32 Å². The SMILES string of the molecule is CCCNC(Cc1cc(F)ccc1Cl)C(CC)CC. The third kappa shape index (κ3) is 5.12. The van der Waals surface area contributed by atoms with Crippen LogP contribution in [0.2, 0.25) is 5.02 Å². The molecule has 0 aliphatic heterocycles. The standard InChI is InChI=1S/C16H25ClFN/c1-4-9-19-16(12(5-2)6-3)11-13-10-14(18)7-8-15(13)17/h7-8,10,12,16,19H,4-6,9,11H2,1-3H3.